The highest BCUT2D eigenvalue weighted by molar-refractivity contribution is 7.98. The van der Waals surface area contributed by atoms with Crippen LogP contribution in [0.4, 0.5) is 0 Å². The van der Waals surface area contributed by atoms with Gasteiger partial charge < -0.3 is 0 Å². The van der Waals surface area contributed by atoms with Crippen molar-refractivity contribution in [3.63, 3.8) is 0 Å². The van der Waals surface area contributed by atoms with Crippen LogP contribution in [0.15, 0.2) is 72.4 Å². The van der Waals surface area contributed by atoms with Gasteiger partial charge >= 0.3 is 0 Å². The number of amides is 1. The molecule has 2 heterocycles. The standard InChI is InChI=1S/C18H15N5OS/c1-25-18-19-10-11-22(18)14-8-6-13(7-9-14)17(24)21-23-12-20-15-4-2-3-5-16(15)23/h2-12H,1H3,(H,21,24). The molecule has 1 N–H and O–H groups in total. The smallest absolute Gasteiger partial charge is 0.270 e. The number of hydrogen-bond donors (Lipinski definition) is 1. The van der Waals surface area contributed by atoms with Crippen LogP contribution in [0.25, 0.3) is 16.7 Å². The van der Waals surface area contributed by atoms with E-state index in [2.05, 4.69) is 15.4 Å². The lowest BCUT2D eigenvalue weighted by molar-refractivity contribution is 0.101. The minimum atomic E-state index is -0.189. The summed E-state index contributed by atoms with van der Waals surface area (Å²) >= 11 is 1.57. The fourth-order valence-corrected chi connectivity index (χ4v) is 3.16. The van der Waals surface area contributed by atoms with Crippen LogP contribution in [0.1, 0.15) is 10.4 Å². The second kappa shape index (κ2) is 6.45. The molecular weight excluding hydrogens is 334 g/mol. The number of rotatable bonds is 4. The Morgan fingerprint density at radius 1 is 1.08 bits per heavy atom. The maximum absolute atomic E-state index is 12.5. The summed E-state index contributed by atoms with van der Waals surface area (Å²) < 4.78 is 3.61. The van der Waals surface area contributed by atoms with Crippen LogP contribution >= 0.6 is 11.8 Å². The van der Waals surface area contributed by atoms with Crippen molar-refractivity contribution >= 4 is 28.7 Å². The van der Waals surface area contributed by atoms with E-state index in [1.54, 1.807) is 41.1 Å². The van der Waals surface area contributed by atoms with Crippen LogP contribution in [0, 0.1) is 0 Å². The van der Waals surface area contributed by atoms with Gasteiger partial charge in [0.2, 0.25) is 0 Å². The van der Waals surface area contributed by atoms with Crippen LogP contribution in [-0.4, -0.2) is 31.4 Å². The van der Waals surface area contributed by atoms with E-state index in [0.717, 1.165) is 21.9 Å². The second-order valence-electron chi connectivity index (χ2n) is 5.38. The van der Waals surface area contributed by atoms with Crippen molar-refractivity contribution in [3.8, 4) is 5.69 Å². The molecule has 6 nitrogen and oxygen atoms in total. The van der Waals surface area contributed by atoms with Gasteiger partial charge in [0.15, 0.2) is 5.16 Å². The molecule has 0 aliphatic heterocycles. The average molecular weight is 349 g/mol. The van der Waals surface area contributed by atoms with E-state index in [9.17, 15) is 4.79 Å². The molecule has 7 heteroatoms. The first-order valence-corrected chi connectivity index (χ1v) is 8.90. The van der Waals surface area contributed by atoms with Crippen molar-refractivity contribution in [2.75, 3.05) is 11.7 Å². The van der Waals surface area contributed by atoms with Gasteiger partial charge in [0, 0.05) is 23.6 Å². The molecule has 4 rings (SSSR count). The van der Waals surface area contributed by atoms with Gasteiger partial charge in [-0.2, -0.15) is 0 Å². The Labute approximate surface area is 148 Å². The van der Waals surface area contributed by atoms with Crippen molar-refractivity contribution < 1.29 is 4.79 Å². The first-order chi connectivity index (χ1) is 12.3. The monoisotopic (exact) mass is 349 g/mol. The molecule has 2 aromatic carbocycles. The minimum Gasteiger partial charge on any atom is -0.295 e. The number of aromatic nitrogens is 4. The molecule has 0 saturated heterocycles. The van der Waals surface area contributed by atoms with Crippen molar-refractivity contribution in [2.24, 2.45) is 0 Å². The molecule has 0 aliphatic carbocycles. The van der Waals surface area contributed by atoms with E-state index in [-0.39, 0.29) is 5.91 Å². The van der Waals surface area contributed by atoms with E-state index in [0.29, 0.717) is 5.56 Å². The molecule has 0 radical (unpaired) electrons. The summed E-state index contributed by atoms with van der Waals surface area (Å²) in [6.45, 7) is 0. The molecule has 4 aromatic rings. The molecule has 0 unspecified atom stereocenters. The summed E-state index contributed by atoms with van der Waals surface area (Å²) in [6.07, 6.45) is 7.25. The predicted octanol–water partition coefficient (Wildman–Crippen LogP) is 3.33. The first-order valence-electron chi connectivity index (χ1n) is 7.67. The largest absolute Gasteiger partial charge is 0.295 e. The van der Waals surface area contributed by atoms with E-state index in [1.807, 2.05) is 53.4 Å². The summed E-state index contributed by atoms with van der Waals surface area (Å²) in [7, 11) is 0. The number of carbonyl (C=O) groups excluding carboxylic acids is 1. The molecule has 124 valence electrons. The maximum Gasteiger partial charge on any atom is 0.270 e. The Hall–Kier alpha value is -3.06. The normalized spacial score (nSPS) is 10.9. The van der Waals surface area contributed by atoms with Gasteiger partial charge in [-0.3, -0.25) is 14.8 Å². The first kappa shape index (κ1) is 15.5. The van der Waals surface area contributed by atoms with Crippen molar-refractivity contribution in [3.05, 3.63) is 72.8 Å². The molecular formula is C18H15N5OS. The molecule has 0 aliphatic rings. The van der Waals surface area contributed by atoms with Crippen LogP contribution < -0.4 is 5.43 Å². The number of para-hydroxylation sites is 2. The number of nitrogens with zero attached hydrogens (tertiary/aromatic N) is 4. The summed E-state index contributed by atoms with van der Waals surface area (Å²) in [6, 6.07) is 15.1. The van der Waals surface area contributed by atoms with Gasteiger partial charge in [-0.25, -0.2) is 14.6 Å². The Morgan fingerprint density at radius 3 is 2.68 bits per heavy atom. The Bertz CT molecular complexity index is 1040. The molecule has 2 aromatic heterocycles. The number of carbonyl (C=O) groups is 1. The molecule has 0 fully saturated rings. The molecule has 0 bridgehead atoms. The number of nitrogens with one attached hydrogen (secondary N) is 1. The van der Waals surface area contributed by atoms with Crippen LogP contribution in [0.3, 0.4) is 0 Å². The van der Waals surface area contributed by atoms with Gasteiger partial charge in [-0.15, -0.1) is 0 Å². The lowest BCUT2D eigenvalue weighted by Gasteiger charge is -2.09. The summed E-state index contributed by atoms with van der Waals surface area (Å²) in [5, 5.41) is 0.905. The van der Waals surface area contributed by atoms with E-state index >= 15 is 0 Å². The predicted molar refractivity (Wildman–Crippen MR) is 98.8 cm³/mol. The fourth-order valence-electron chi connectivity index (χ4n) is 2.63. The van der Waals surface area contributed by atoms with Gasteiger partial charge in [0.1, 0.15) is 6.33 Å². The van der Waals surface area contributed by atoms with Crippen LogP contribution in [0.5, 0.6) is 0 Å². The van der Waals surface area contributed by atoms with E-state index in [4.69, 9.17) is 0 Å². The van der Waals surface area contributed by atoms with Crippen molar-refractivity contribution in [2.45, 2.75) is 5.16 Å². The number of benzene rings is 2. The van der Waals surface area contributed by atoms with Gasteiger partial charge in [-0.1, -0.05) is 23.9 Å². The molecule has 25 heavy (non-hydrogen) atoms. The third kappa shape index (κ3) is 2.89. The summed E-state index contributed by atoms with van der Waals surface area (Å²) in [5.41, 5.74) is 6.08. The zero-order valence-electron chi connectivity index (χ0n) is 13.5. The van der Waals surface area contributed by atoms with Gasteiger partial charge in [-0.05, 0) is 42.7 Å². The molecule has 0 saturated carbocycles. The van der Waals surface area contributed by atoms with Crippen LogP contribution in [0.2, 0.25) is 0 Å². The fraction of sp³-hybridized carbons (Fsp3) is 0.0556. The zero-order valence-corrected chi connectivity index (χ0v) is 14.3. The summed E-state index contributed by atoms with van der Waals surface area (Å²) in [4.78, 5) is 21.0. The third-order valence-electron chi connectivity index (χ3n) is 3.87. The lowest BCUT2D eigenvalue weighted by Crippen LogP contribution is -2.22. The number of imidazole rings is 2. The highest BCUT2D eigenvalue weighted by Gasteiger charge is 2.09. The van der Waals surface area contributed by atoms with Crippen LogP contribution in [-0.2, 0) is 0 Å². The average Bonchev–Trinajstić information content (AvgIpc) is 3.29. The lowest BCUT2D eigenvalue weighted by atomic mass is 10.2. The van der Waals surface area contributed by atoms with Gasteiger partial charge in [0.05, 0.1) is 11.0 Å². The number of fused-ring (bicyclic) bond motifs is 1. The molecule has 0 spiro atoms. The summed E-state index contributed by atoms with van der Waals surface area (Å²) in [5.74, 6) is -0.189. The van der Waals surface area contributed by atoms with Crippen molar-refractivity contribution in [1.29, 1.82) is 0 Å². The number of hydrogen-bond acceptors (Lipinski definition) is 4. The topological polar surface area (TPSA) is 64.7 Å². The second-order valence-corrected chi connectivity index (χ2v) is 6.15. The Balaban J connectivity index is 1.57. The SMILES string of the molecule is CSc1nccn1-c1ccc(C(=O)Nn2cnc3ccccc32)cc1. The highest BCUT2D eigenvalue weighted by Crippen LogP contribution is 2.18. The quantitative estimate of drug-likeness (QED) is 0.574. The maximum atomic E-state index is 12.5. The van der Waals surface area contributed by atoms with E-state index < -0.39 is 0 Å². The Kier molecular flexibility index (Phi) is 3.99. The molecule has 0 atom stereocenters. The zero-order chi connectivity index (χ0) is 17.2. The number of thioether (sulfide) groups is 1. The third-order valence-corrected chi connectivity index (χ3v) is 4.54. The minimum absolute atomic E-state index is 0.189. The van der Waals surface area contributed by atoms with Gasteiger partial charge in [0.25, 0.3) is 5.91 Å². The van der Waals surface area contributed by atoms with Crippen molar-refractivity contribution in [1.82, 2.24) is 19.2 Å². The Morgan fingerprint density at radius 2 is 1.88 bits per heavy atom. The van der Waals surface area contributed by atoms with E-state index in [1.165, 1.54) is 0 Å². The molecule has 1 amide bonds. The highest BCUT2D eigenvalue weighted by atomic mass is 32.2.